The van der Waals surface area contributed by atoms with E-state index < -0.39 is 4.92 Å². The number of non-ortho nitro benzene ring substituents is 1. The lowest BCUT2D eigenvalue weighted by atomic mass is 10.2. The summed E-state index contributed by atoms with van der Waals surface area (Å²) in [5.74, 6) is 0.531. The Balaban J connectivity index is 1.92. The van der Waals surface area contributed by atoms with E-state index >= 15 is 0 Å². The zero-order valence-electron chi connectivity index (χ0n) is 12.3. The summed E-state index contributed by atoms with van der Waals surface area (Å²) in [6, 6.07) is 8.06. The predicted octanol–water partition coefficient (Wildman–Crippen LogP) is 3.67. The molecule has 7 nitrogen and oxygen atoms in total. The van der Waals surface area contributed by atoms with Gasteiger partial charge in [-0.1, -0.05) is 11.3 Å². The largest absolute Gasteiger partial charge is 0.269 e. The number of nitrogens with zero attached hydrogens (tertiary/aromatic N) is 5. The van der Waals surface area contributed by atoms with E-state index in [1.807, 2.05) is 19.9 Å². The van der Waals surface area contributed by atoms with Crippen LogP contribution in [0.15, 0.2) is 39.7 Å². The topological polar surface area (TPSA) is 94.7 Å². The predicted molar refractivity (Wildman–Crippen MR) is 87.6 cm³/mol. The minimum absolute atomic E-state index is 0.0420. The van der Waals surface area contributed by atoms with E-state index in [1.54, 1.807) is 12.1 Å². The molecule has 1 aromatic carbocycles. The first-order valence-electron chi connectivity index (χ1n) is 6.60. The number of nitro benzene ring substituents is 1. The molecule has 3 aromatic rings. The molecular weight excluding hydrogens is 334 g/mol. The third-order valence-corrected chi connectivity index (χ3v) is 4.67. The van der Waals surface area contributed by atoms with Gasteiger partial charge in [0, 0.05) is 23.4 Å². The molecule has 0 bridgehead atoms. The monoisotopic (exact) mass is 345 g/mol. The third kappa shape index (κ3) is 3.69. The van der Waals surface area contributed by atoms with Crippen LogP contribution in [0.3, 0.4) is 0 Å². The van der Waals surface area contributed by atoms with Crippen LogP contribution in [-0.2, 0) is 0 Å². The molecule has 0 spiro atoms. The van der Waals surface area contributed by atoms with Crippen molar-refractivity contribution in [1.29, 1.82) is 0 Å². The third-order valence-electron chi connectivity index (χ3n) is 2.87. The van der Waals surface area contributed by atoms with Crippen LogP contribution in [0.25, 0.3) is 11.4 Å². The molecule has 0 amide bonds. The van der Waals surface area contributed by atoms with Crippen LogP contribution in [0, 0.1) is 24.0 Å². The summed E-state index contributed by atoms with van der Waals surface area (Å²) in [4.78, 5) is 19.2. The summed E-state index contributed by atoms with van der Waals surface area (Å²) >= 11 is 2.93. The van der Waals surface area contributed by atoms with Crippen molar-refractivity contribution < 1.29 is 4.92 Å². The van der Waals surface area contributed by atoms with Crippen molar-refractivity contribution in [3.05, 3.63) is 51.1 Å². The lowest BCUT2D eigenvalue weighted by molar-refractivity contribution is -0.384. The SMILES string of the molecule is Cc1cc(Sc2nnc(C)s2)nc(-c2ccc([N+](=O)[O-])cc2)n1. The highest BCUT2D eigenvalue weighted by molar-refractivity contribution is 8.01. The van der Waals surface area contributed by atoms with Crippen molar-refractivity contribution in [2.45, 2.75) is 23.2 Å². The molecule has 0 aliphatic heterocycles. The number of benzene rings is 1. The number of rotatable bonds is 4. The molecule has 0 fully saturated rings. The molecule has 9 heteroatoms. The molecular formula is C14H11N5O2S2. The molecule has 0 atom stereocenters. The summed E-state index contributed by atoms with van der Waals surface area (Å²) in [6.07, 6.45) is 0. The van der Waals surface area contributed by atoms with E-state index in [0.29, 0.717) is 5.82 Å². The molecule has 116 valence electrons. The summed E-state index contributed by atoms with van der Waals surface area (Å²) < 4.78 is 0.815. The molecule has 0 saturated carbocycles. The Morgan fingerprint density at radius 2 is 1.87 bits per heavy atom. The second-order valence-electron chi connectivity index (χ2n) is 4.66. The van der Waals surface area contributed by atoms with Gasteiger partial charge in [-0.05, 0) is 43.8 Å². The van der Waals surface area contributed by atoms with Crippen LogP contribution in [-0.4, -0.2) is 25.1 Å². The first-order valence-corrected chi connectivity index (χ1v) is 8.23. The highest BCUT2D eigenvalue weighted by atomic mass is 32.2. The molecule has 2 heterocycles. The number of aryl methyl sites for hydroxylation is 2. The van der Waals surface area contributed by atoms with Crippen molar-refractivity contribution in [3.63, 3.8) is 0 Å². The van der Waals surface area contributed by atoms with E-state index in [4.69, 9.17) is 0 Å². The van der Waals surface area contributed by atoms with E-state index in [1.165, 1.54) is 35.2 Å². The van der Waals surface area contributed by atoms with Crippen LogP contribution < -0.4 is 0 Å². The number of nitro groups is 1. The van der Waals surface area contributed by atoms with Gasteiger partial charge in [0.25, 0.3) is 5.69 Å². The van der Waals surface area contributed by atoms with E-state index in [-0.39, 0.29) is 5.69 Å². The maximum atomic E-state index is 10.7. The lowest BCUT2D eigenvalue weighted by Crippen LogP contribution is -1.94. The van der Waals surface area contributed by atoms with Crippen molar-refractivity contribution in [1.82, 2.24) is 20.2 Å². The Hall–Kier alpha value is -2.39. The van der Waals surface area contributed by atoms with E-state index in [0.717, 1.165) is 25.6 Å². The normalized spacial score (nSPS) is 10.7. The van der Waals surface area contributed by atoms with Gasteiger partial charge in [-0.2, -0.15) is 0 Å². The molecule has 0 unspecified atom stereocenters. The quantitative estimate of drug-likeness (QED) is 0.404. The number of hydrogen-bond acceptors (Lipinski definition) is 8. The zero-order valence-corrected chi connectivity index (χ0v) is 13.9. The summed E-state index contributed by atoms with van der Waals surface area (Å²) in [6.45, 7) is 3.78. The van der Waals surface area contributed by atoms with Gasteiger partial charge in [-0.15, -0.1) is 10.2 Å². The van der Waals surface area contributed by atoms with Crippen molar-refractivity contribution >= 4 is 28.8 Å². The standard InChI is InChI=1S/C14H11N5O2S2/c1-8-7-12(23-14-18-17-9(2)22-14)16-13(15-8)10-3-5-11(6-4-10)19(20)21/h3-7H,1-2H3. The first-order chi connectivity index (χ1) is 11.0. The van der Waals surface area contributed by atoms with Crippen LogP contribution in [0.1, 0.15) is 10.7 Å². The van der Waals surface area contributed by atoms with E-state index in [2.05, 4.69) is 20.2 Å². The van der Waals surface area contributed by atoms with Crippen LogP contribution >= 0.6 is 23.1 Å². The second-order valence-corrected chi connectivity index (χ2v) is 7.11. The Kier molecular flexibility index (Phi) is 4.30. The molecule has 0 N–H and O–H groups in total. The molecule has 23 heavy (non-hydrogen) atoms. The maximum Gasteiger partial charge on any atom is 0.269 e. The summed E-state index contributed by atoms with van der Waals surface area (Å²) in [5, 5.41) is 20.4. The van der Waals surface area contributed by atoms with Gasteiger partial charge < -0.3 is 0 Å². The highest BCUT2D eigenvalue weighted by Crippen LogP contribution is 2.30. The molecule has 0 aliphatic carbocycles. The Morgan fingerprint density at radius 3 is 2.48 bits per heavy atom. The second kappa shape index (κ2) is 6.39. The molecule has 3 rings (SSSR count). The summed E-state index contributed by atoms with van der Waals surface area (Å²) in [7, 11) is 0. The highest BCUT2D eigenvalue weighted by Gasteiger charge is 2.11. The van der Waals surface area contributed by atoms with Crippen molar-refractivity contribution in [2.75, 3.05) is 0 Å². The van der Waals surface area contributed by atoms with Gasteiger partial charge in [0.15, 0.2) is 10.2 Å². The Bertz CT molecular complexity index is 864. The average Bonchev–Trinajstić information content (AvgIpc) is 2.92. The first kappa shape index (κ1) is 15.5. The Morgan fingerprint density at radius 1 is 1.13 bits per heavy atom. The molecule has 0 saturated heterocycles. The minimum atomic E-state index is -0.431. The fourth-order valence-electron chi connectivity index (χ4n) is 1.86. The number of hydrogen-bond donors (Lipinski definition) is 0. The summed E-state index contributed by atoms with van der Waals surface area (Å²) in [5.41, 5.74) is 1.59. The van der Waals surface area contributed by atoms with Crippen LogP contribution in [0.4, 0.5) is 5.69 Å². The minimum Gasteiger partial charge on any atom is -0.258 e. The van der Waals surface area contributed by atoms with Gasteiger partial charge >= 0.3 is 0 Å². The van der Waals surface area contributed by atoms with Crippen LogP contribution in [0.5, 0.6) is 0 Å². The fourth-order valence-corrected chi connectivity index (χ4v) is 3.69. The maximum absolute atomic E-state index is 10.7. The lowest BCUT2D eigenvalue weighted by Gasteiger charge is -2.04. The van der Waals surface area contributed by atoms with Crippen LogP contribution in [0.2, 0.25) is 0 Å². The molecule has 0 aliphatic rings. The van der Waals surface area contributed by atoms with Crippen molar-refractivity contribution in [3.8, 4) is 11.4 Å². The molecule has 0 radical (unpaired) electrons. The van der Waals surface area contributed by atoms with E-state index in [9.17, 15) is 10.1 Å². The van der Waals surface area contributed by atoms with Gasteiger partial charge in [0.05, 0.1) is 4.92 Å². The average molecular weight is 345 g/mol. The number of aromatic nitrogens is 4. The van der Waals surface area contributed by atoms with Gasteiger partial charge in [-0.25, -0.2) is 9.97 Å². The van der Waals surface area contributed by atoms with Gasteiger partial charge in [-0.3, -0.25) is 10.1 Å². The van der Waals surface area contributed by atoms with Crippen molar-refractivity contribution in [2.24, 2.45) is 0 Å². The smallest absolute Gasteiger partial charge is 0.258 e. The Labute approximate surface area is 140 Å². The zero-order chi connectivity index (χ0) is 16.4. The molecule has 2 aromatic heterocycles. The van der Waals surface area contributed by atoms with Gasteiger partial charge in [0.1, 0.15) is 10.0 Å². The van der Waals surface area contributed by atoms with Gasteiger partial charge in [0.2, 0.25) is 0 Å². The fraction of sp³-hybridized carbons (Fsp3) is 0.143.